The largest absolute Gasteiger partial charge is 0.506 e. The van der Waals surface area contributed by atoms with Crippen molar-refractivity contribution in [2.24, 2.45) is 0 Å². The number of aromatic hydroxyl groups is 2. The number of nitro benzene ring substituents is 1. The van der Waals surface area contributed by atoms with Gasteiger partial charge in [0, 0.05) is 18.7 Å². The van der Waals surface area contributed by atoms with Gasteiger partial charge in [-0.1, -0.05) is 0 Å². The molecule has 0 fully saturated rings. The average molecular weight is 371 g/mol. The molecule has 1 aromatic heterocycles. The van der Waals surface area contributed by atoms with Gasteiger partial charge in [-0.3, -0.25) is 14.9 Å². The molecule has 0 unspecified atom stereocenters. The predicted octanol–water partition coefficient (Wildman–Crippen LogP) is 1.56. The Kier molecular flexibility index (Phi) is 5.21. The van der Waals surface area contributed by atoms with Crippen molar-refractivity contribution in [2.75, 3.05) is 11.9 Å². The highest BCUT2D eigenvalue weighted by Gasteiger charge is 2.26. The summed E-state index contributed by atoms with van der Waals surface area (Å²) in [4.78, 5) is 31.3. The molecule has 27 heavy (non-hydrogen) atoms. The number of nitrogens with zero attached hydrogens (tertiary/aromatic N) is 5. The molecule has 0 bridgehead atoms. The number of phenols is 2. The molecule has 0 saturated heterocycles. The standard InChI is InChI=1S/C16H13N5O6/c1-8-12(6-18-7-19-8)20(2)16(25)10(5-17)14(23)9-3-11(21(26)27)15(24)13(22)4-9/h3-4,6-7,22-24H,1-2H3/b14-10-. The van der Waals surface area contributed by atoms with Crippen LogP contribution in [0.1, 0.15) is 11.3 Å². The number of hydrogen-bond donors (Lipinski definition) is 3. The number of amides is 1. The Balaban J connectivity index is 2.57. The van der Waals surface area contributed by atoms with Gasteiger partial charge >= 0.3 is 5.69 Å². The van der Waals surface area contributed by atoms with Crippen molar-refractivity contribution in [1.82, 2.24) is 9.97 Å². The SMILES string of the molecule is Cc1ncncc1N(C)C(=O)/C(C#N)=C(\O)c1cc(O)c(O)c([N+](=O)[O-])c1. The number of carbonyl (C=O) groups excluding carboxylic acids is 1. The lowest BCUT2D eigenvalue weighted by atomic mass is 10.1. The Morgan fingerprint density at radius 1 is 1.37 bits per heavy atom. The van der Waals surface area contributed by atoms with Crippen LogP contribution in [0.5, 0.6) is 11.5 Å². The maximum absolute atomic E-state index is 12.6. The Labute approximate surface area is 152 Å². The number of anilines is 1. The van der Waals surface area contributed by atoms with E-state index in [0.717, 1.165) is 17.0 Å². The fourth-order valence-corrected chi connectivity index (χ4v) is 2.22. The van der Waals surface area contributed by atoms with E-state index in [1.165, 1.54) is 25.6 Å². The number of rotatable bonds is 4. The molecule has 138 valence electrons. The molecule has 0 aliphatic rings. The number of aliphatic hydroxyl groups is 1. The zero-order chi connectivity index (χ0) is 20.3. The van der Waals surface area contributed by atoms with Crippen LogP contribution in [0.3, 0.4) is 0 Å². The average Bonchev–Trinajstić information content (AvgIpc) is 2.63. The number of aromatic nitrogens is 2. The summed E-state index contributed by atoms with van der Waals surface area (Å²) < 4.78 is 0. The van der Waals surface area contributed by atoms with Gasteiger partial charge in [-0.2, -0.15) is 5.26 Å². The van der Waals surface area contributed by atoms with Crippen molar-refractivity contribution in [2.45, 2.75) is 6.92 Å². The fraction of sp³-hybridized carbons (Fsp3) is 0.125. The number of carbonyl (C=O) groups is 1. The Morgan fingerprint density at radius 2 is 2.04 bits per heavy atom. The quantitative estimate of drug-likeness (QED) is 0.180. The summed E-state index contributed by atoms with van der Waals surface area (Å²) in [5.74, 6) is -3.72. The number of nitro groups is 1. The molecule has 0 radical (unpaired) electrons. The topological polar surface area (TPSA) is 174 Å². The zero-order valence-electron chi connectivity index (χ0n) is 14.1. The second-order valence-corrected chi connectivity index (χ2v) is 5.31. The number of aryl methyl sites for hydroxylation is 1. The minimum absolute atomic E-state index is 0.280. The minimum Gasteiger partial charge on any atom is -0.506 e. The third-order valence-electron chi connectivity index (χ3n) is 3.65. The van der Waals surface area contributed by atoms with Crippen molar-refractivity contribution in [3.05, 3.63) is 51.6 Å². The van der Waals surface area contributed by atoms with Gasteiger partial charge in [0.2, 0.25) is 5.75 Å². The first-order valence-corrected chi connectivity index (χ1v) is 7.27. The van der Waals surface area contributed by atoms with Crippen molar-refractivity contribution >= 4 is 23.0 Å². The maximum Gasteiger partial charge on any atom is 0.315 e. The molecule has 1 amide bonds. The lowest BCUT2D eigenvalue weighted by Crippen LogP contribution is -2.29. The van der Waals surface area contributed by atoms with Gasteiger partial charge in [0.15, 0.2) is 11.3 Å². The highest BCUT2D eigenvalue weighted by molar-refractivity contribution is 6.12. The van der Waals surface area contributed by atoms with Crippen molar-refractivity contribution in [3.63, 3.8) is 0 Å². The first-order valence-electron chi connectivity index (χ1n) is 7.27. The Hall–Kier alpha value is -4.20. The van der Waals surface area contributed by atoms with Gasteiger partial charge in [0.05, 0.1) is 22.5 Å². The van der Waals surface area contributed by atoms with Crippen molar-refractivity contribution < 1.29 is 25.0 Å². The minimum atomic E-state index is -1.00. The lowest BCUT2D eigenvalue weighted by molar-refractivity contribution is -0.386. The molecule has 0 spiro atoms. The molecule has 0 aliphatic heterocycles. The van der Waals surface area contributed by atoms with Gasteiger partial charge in [0.25, 0.3) is 5.91 Å². The Bertz CT molecular complexity index is 1010. The predicted molar refractivity (Wildman–Crippen MR) is 91.8 cm³/mol. The van der Waals surface area contributed by atoms with E-state index < -0.39 is 44.9 Å². The number of phenolic OH excluding ortho intramolecular Hbond substituents is 2. The van der Waals surface area contributed by atoms with Crippen LogP contribution in [0, 0.1) is 28.4 Å². The van der Waals surface area contributed by atoms with Gasteiger partial charge in [-0.25, -0.2) is 9.97 Å². The number of nitriles is 1. The molecule has 2 rings (SSSR count). The smallest absolute Gasteiger partial charge is 0.315 e. The third kappa shape index (κ3) is 3.59. The van der Waals surface area contributed by atoms with Gasteiger partial charge < -0.3 is 20.2 Å². The summed E-state index contributed by atoms with van der Waals surface area (Å²) in [7, 11) is 1.33. The molecule has 0 saturated carbocycles. The molecule has 0 aliphatic carbocycles. The normalized spacial score (nSPS) is 11.3. The molecule has 11 heteroatoms. The van der Waals surface area contributed by atoms with E-state index in [1.807, 2.05) is 0 Å². The van der Waals surface area contributed by atoms with E-state index >= 15 is 0 Å². The molecule has 0 atom stereocenters. The van der Waals surface area contributed by atoms with E-state index in [4.69, 9.17) is 0 Å². The number of aliphatic hydroxyl groups excluding tert-OH is 1. The van der Waals surface area contributed by atoms with E-state index in [9.17, 15) is 35.5 Å². The Morgan fingerprint density at radius 3 is 2.59 bits per heavy atom. The molecule has 1 heterocycles. The van der Waals surface area contributed by atoms with E-state index in [1.54, 1.807) is 6.92 Å². The van der Waals surface area contributed by atoms with Crippen LogP contribution < -0.4 is 4.90 Å². The van der Waals surface area contributed by atoms with E-state index in [-0.39, 0.29) is 5.69 Å². The third-order valence-corrected chi connectivity index (χ3v) is 3.65. The summed E-state index contributed by atoms with van der Waals surface area (Å²) in [6.45, 7) is 1.61. The molecular formula is C16H13N5O6. The highest BCUT2D eigenvalue weighted by Crippen LogP contribution is 2.38. The van der Waals surface area contributed by atoms with Crippen molar-refractivity contribution in [3.8, 4) is 17.6 Å². The summed E-state index contributed by atoms with van der Waals surface area (Å²) >= 11 is 0. The first kappa shape index (κ1) is 19.1. The summed E-state index contributed by atoms with van der Waals surface area (Å²) in [6.07, 6.45) is 2.61. The van der Waals surface area contributed by atoms with Crippen molar-refractivity contribution in [1.29, 1.82) is 5.26 Å². The molecular weight excluding hydrogens is 358 g/mol. The molecule has 11 nitrogen and oxygen atoms in total. The maximum atomic E-state index is 12.6. The summed E-state index contributed by atoms with van der Waals surface area (Å²) in [5, 5.41) is 49.7. The van der Waals surface area contributed by atoms with E-state index in [0.29, 0.717) is 5.69 Å². The van der Waals surface area contributed by atoms with Crippen LogP contribution >= 0.6 is 0 Å². The summed E-state index contributed by atoms with van der Waals surface area (Å²) in [5.41, 5.74) is -1.31. The second-order valence-electron chi connectivity index (χ2n) is 5.31. The van der Waals surface area contributed by atoms with Crippen LogP contribution in [-0.4, -0.2) is 43.2 Å². The highest BCUT2D eigenvalue weighted by atomic mass is 16.6. The fourth-order valence-electron chi connectivity index (χ4n) is 2.22. The molecule has 2 aromatic rings. The van der Waals surface area contributed by atoms with Crippen LogP contribution in [0.25, 0.3) is 5.76 Å². The molecule has 1 aromatic carbocycles. The molecule has 3 N–H and O–H groups in total. The second kappa shape index (κ2) is 7.36. The zero-order valence-corrected chi connectivity index (χ0v) is 14.1. The number of hydrogen-bond acceptors (Lipinski definition) is 9. The van der Waals surface area contributed by atoms with Gasteiger partial charge in [0.1, 0.15) is 18.2 Å². The van der Waals surface area contributed by atoms with Gasteiger partial charge in [-0.05, 0) is 13.0 Å². The van der Waals surface area contributed by atoms with Crippen LogP contribution in [0.2, 0.25) is 0 Å². The van der Waals surface area contributed by atoms with E-state index in [2.05, 4.69) is 9.97 Å². The van der Waals surface area contributed by atoms with Gasteiger partial charge in [-0.15, -0.1) is 0 Å². The van der Waals surface area contributed by atoms with Crippen LogP contribution in [-0.2, 0) is 4.79 Å². The van der Waals surface area contributed by atoms with Crippen LogP contribution in [0.4, 0.5) is 11.4 Å². The number of benzene rings is 1. The number of likely N-dealkylation sites (N-methyl/N-ethyl adjacent to an activating group) is 1. The monoisotopic (exact) mass is 371 g/mol. The van der Waals surface area contributed by atoms with Crippen LogP contribution in [0.15, 0.2) is 30.2 Å². The first-order chi connectivity index (χ1) is 12.7. The lowest BCUT2D eigenvalue weighted by Gasteiger charge is -2.18. The summed E-state index contributed by atoms with van der Waals surface area (Å²) in [6, 6.07) is 3.06.